The van der Waals surface area contributed by atoms with Crippen LogP contribution in [0, 0.1) is 0 Å². The number of aliphatic hydroxyl groups excluding tert-OH is 1. The summed E-state index contributed by atoms with van der Waals surface area (Å²) in [5.74, 6) is 1.60. The number of aliphatic hydroxyl groups is 1. The van der Waals surface area contributed by atoms with Crippen LogP contribution in [-0.4, -0.2) is 30.3 Å². The van der Waals surface area contributed by atoms with Gasteiger partial charge in [-0.05, 0) is 60.7 Å². The number of methoxy groups -OCH3 is 2. The number of carbonyl (C=O) groups excluding carboxylic acids is 1. The second-order valence-electron chi connectivity index (χ2n) is 6.10. The summed E-state index contributed by atoms with van der Waals surface area (Å²) >= 11 is 11.3. The van der Waals surface area contributed by atoms with Gasteiger partial charge in [0.1, 0.15) is 29.6 Å². The molecule has 9 heteroatoms. The standard InChI is InChI=1S/C21H19ClN2O5S/c1-27-18-6-4-13(9-15(18)22)20(26)24-21(30)23-16-10-12(3-7-19(16)28-2)17-8-5-14(11-25)29-17/h3-10,25H,11H2,1-2H3,(H2,23,24,26,30). The first-order valence-corrected chi connectivity index (χ1v) is 9.57. The van der Waals surface area contributed by atoms with E-state index in [0.29, 0.717) is 39.3 Å². The average Bonchev–Trinajstić information content (AvgIpc) is 3.23. The van der Waals surface area contributed by atoms with Gasteiger partial charge in [-0.3, -0.25) is 10.1 Å². The molecule has 1 heterocycles. The van der Waals surface area contributed by atoms with Crippen molar-refractivity contribution < 1.29 is 23.8 Å². The molecule has 3 aromatic rings. The number of ether oxygens (including phenoxy) is 2. The number of rotatable bonds is 6. The van der Waals surface area contributed by atoms with Crippen molar-refractivity contribution in [2.75, 3.05) is 19.5 Å². The Balaban J connectivity index is 1.75. The molecule has 0 saturated heterocycles. The summed E-state index contributed by atoms with van der Waals surface area (Å²) in [5, 5.41) is 15.1. The van der Waals surface area contributed by atoms with E-state index in [1.165, 1.54) is 20.3 Å². The zero-order valence-corrected chi connectivity index (χ0v) is 17.8. The van der Waals surface area contributed by atoms with E-state index in [2.05, 4.69) is 10.6 Å². The number of carbonyl (C=O) groups is 1. The molecule has 3 rings (SSSR count). The Morgan fingerprint density at radius 2 is 1.83 bits per heavy atom. The summed E-state index contributed by atoms with van der Waals surface area (Å²) in [6, 6.07) is 13.4. The van der Waals surface area contributed by atoms with Gasteiger partial charge in [0, 0.05) is 11.1 Å². The molecule has 0 atom stereocenters. The first kappa shape index (κ1) is 21.6. The number of hydrogen-bond donors (Lipinski definition) is 3. The molecule has 0 aliphatic heterocycles. The van der Waals surface area contributed by atoms with E-state index in [1.807, 2.05) is 6.07 Å². The topological polar surface area (TPSA) is 93.0 Å². The van der Waals surface area contributed by atoms with Crippen LogP contribution in [0.4, 0.5) is 5.69 Å². The monoisotopic (exact) mass is 446 g/mol. The van der Waals surface area contributed by atoms with Crippen molar-refractivity contribution in [1.29, 1.82) is 0 Å². The van der Waals surface area contributed by atoms with Crippen molar-refractivity contribution in [2.24, 2.45) is 0 Å². The highest BCUT2D eigenvalue weighted by atomic mass is 35.5. The third-order valence-electron chi connectivity index (χ3n) is 4.19. The number of anilines is 1. The molecule has 2 aromatic carbocycles. The predicted octanol–water partition coefficient (Wildman–Crippen LogP) is 4.24. The number of benzene rings is 2. The number of thiocarbonyl (C=S) groups is 1. The molecular weight excluding hydrogens is 428 g/mol. The largest absolute Gasteiger partial charge is 0.495 e. The lowest BCUT2D eigenvalue weighted by molar-refractivity contribution is 0.0977. The van der Waals surface area contributed by atoms with Crippen molar-refractivity contribution >= 4 is 40.5 Å². The van der Waals surface area contributed by atoms with Gasteiger partial charge in [-0.1, -0.05) is 11.6 Å². The Labute approximate surface area is 183 Å². The molecule has 1 amide bonds. The smallest absolute Gasteiger partial charge is 0.257 e. The van der Waals surface area contributed by atoms with Gasteiger partial charge in [0.25, 0.3) is 5.91 Å². The zero-order valence-electron chi connectivity index (χ0n) is 16.2. The van der Waals surface area contributed by atoms with Gasteiger partial charge in [-0.2, -0.15) is 0 Å². The molecule has 0 radical (unpaired) electrons. The van der Waals surface area contributed by atoms with Crippen LogP contribution in [0.5, 0.6) is 11.5 Å². The zero-order chi connectivity index (χ0) is 21.7. The van der Waals surface area contributed by atoms with Gasteiger partial charge in [0.05, 0.1) is 24.9 Å². The van der Waals surface area contributed by atoms with Crippen LogP contribution in [0.3, 0.4) is 0 Å². The maximum absolute atomic E-state index is 12.5. The third-order valence-corrected chi connectivity index (χ3v) is 4.69. The number of nitrogens with one attached hydrogen (secondary N) is 2. The van der Waals surface area contributed by atoms with Crippen LogP contribution >= 0.6 is 23.8 Å². The van der Waals surface area contributed by atoms with Crippen LogP contribution in [0.25, 0.3) is 11.3 Å². The molecule has 0 bridgehead atoms. The Kier molecular flexibility index (Phi) is 6.94. The molecule has 30 heavy (non-hydrogen) atoms. The highest BCUT2D eigenvalue weighted by Gasteiger charge is 2.14. The summed E-state index contributed by atoms with van der Waals surface area (Å²) in [5.41, 5.74) is 1.61. The number of furan rings is 1. The van der Waals surface area contributed by atoms with E-state index in [4.69, 9.17) is 37.7 Å². The second-order valence-corrected chi connectivity index (χ2v) is 6.91. The van der Waals surface area contributed by atoms with Gasteiger partial charge < -0.3 is 24.3 Å². The molecule has 7 nitrogen and oxygen atoms in total. The van der Waals surface area contributed by atoms with Gasteiger partial charge >= 0.3 is 0 Å². The van der Waals surface area contributed by atoms with Crippen LogP contribution in [0.1, 0.15) is 16.1 Å². The second kappa shape index (κ2) is 9.62. The van der Waals surface area contributed by atoms with Gasteiger partial charge in [-0.15, -0.1) is 0 Å². The van der Waals surface area contributed by atoms with Crippen LogP contribution < -0.4 is 20.1 Å². The van der Waals surface area contributed by atoms with Gasteiger partial charge in [0.15, 0.2) is 5.11 Å². The SMILES string of the molecule is COc1ccc(C(=O)NC(=S)Nc2cc(-c3ccc(CO)o3)ccc2OC)cc1Cl. The van der Waals surface area contributed by atoms with Crippen LogP contribution in [-0.2, 0) is 6.61 Å². The molecule has 0 spiro atoms. The van der Waals surface area contributed by atoms with E-state index in [1.54, 1.807) is 36.4 Å². The van der Waals surface area contributed by atoms with Crippen molar-refractivity contribution in [3.05, 3.63) is 64.9 Å². The molecular formula is C21H19ClN2O5S. The maximum atomic E-state index is 12.5. The average molecular weight is 447 g/mol. The van der Waals surface area contributed by atoms with Crippen LogP contribution in [0.2, 0.25) is 5.02 Å². The summed E-state index contributed by atoms with van der Waals surface area (Å²) in [6.45, 7) is -0.188. The maximum Gasteiger partial charge on any atom is 0.257 e. The Morgan fingerprint density at radius 1 is 1.10 bits per heavy atom. The molecule has 3 N–H and O–H groups in total. The fourth-order valence-corrected chi connectivity index (χ4v) is 3.17. The predicted molar refractivity (Wildman–Crippen MR) is 118 cm³/mol. The molecule has 0 aliphatic rings. The molecule has 0 unspecified atom stereocenters. The fourth-order valence-electron chi connectivity index (χ4n) is 2.71. The first-order chi connectivity index (χ1) is 14.4. The number of hydrogen-bond acceptors (Lipinski definition) is 6. The minimum atomic E-state index is -0.425. The summed E-state index contributed by atoms with van der Waals surface area (Å²) in [7, 11) is 3.02. The van der Waals surface area contributed by atoms with Crippen molar-refractivity contribution in [1.82, 2.24) is 5.32 Å². The van der Waals surface area contributed by atoms with E-state index in [0.717, 1.165) is 5.56 Å². The van der Waals surface area contributed by atoms with Gasteiger partial charge in [-0.25, -0.2) is 0 Å². The van der Waals surface area contributed by atoms with E-state index in [-0.39, 0.29) is 11.7 Å². The summed E-state index contributed by atoms with van der Waals surface area (Å²) in [4.78, 5) is 12.5. The molecule has 0 fully saturated rings. The van der Waals surface area contributed by atoms with Crippen LogP contribution in [0.15, 0.2) is 52.9 Å². The third kappa shape index (κ3) is 4.91. The molecule has 156 valence electrons. The highest BCUT2D eigenvalue weighted by Crippen LogP contribution is 2.31. The van der Waals surface area contributed by atoms with Gasteiger partial charge in [0.2, 0.25) is 0 Å². The van der Waals surface area contributed by atoms with Crippen molar-refractivity contribution in [3.8, 4) is 22.8 Å². The van der Waals surface area contributed by atoms with E-state index < -0.39 is 5.91 Å². The minimum Gasteiger partial charge on any atom is -0.495 e. The van der Waals surface area contributed by atoms with E-state index >= 15 is 0 Å². The Hall–Kier alpha value is -3.07. The summed E-state index contributed by atoms with van der Waals surface area (Å²) < 4.78 is 16.0. The van der Waals surface area contributed by atoms with Crippen molar-refractivity contribution in [3.63, 3.8) is 0 Å². The number of halogens is 1. The highest BCUT2D eigenvalue weighted by molar-refractivity contribution is 7.80. The Morgan fingerprint density at radius 3 is 2.47 bits per heavy atom. The number of amides is 1. The normalized spacial score (nSPS) is 10.4. The lowest BCUT2D eigenvalue weighted by Gasteiger charge is -2.14. The lowest BCUT2D eigenvalue weighted by atomic mass is 10.1. The van der Waals surface area contributed by atoms with Crippen molar-refractivity contribution in [2.45, 2.75) is 6.61 Å². The summed E-state index contributed by atoms with van der Waals surface area (Å²) in [6.07, 6.45) is 0. The van der Waals surface area contributed by atoms with E-state index in [9.17, 15) is 9.90 Å². The molecule has 1 aromatic heterocycles. The Bertz CT molecular complexity index is 1080. The lowest BCUT2D eigenvalue weighted by Crippen LogP contribution is -2.34. The first-order valence-electron chi connectivity index (χ1n) is 8.79. The fraction of sp³-hybridized carbons (Fsp3) is 0.143. The quantitative estimate of drug-likeness (QED) is 0.488. The minimum absolute atomic E-state index is 0.0814. The molecule has 0 aliphatic carbocycles. The molecule has 0 saturated carbocycles.